The van der Waals surface area contributed by atoms with Gasteiger partial charge < -0.3 is 10.1 Å². The van der Waals surface area contributed by atoms with Crippen LogP contribution in [0.3, 0.4) is 0 Å². The first-order valence-corrected chi connectivity index (χ1v) is 9.90. The molecule has 2 amide bonds. The van der Waals surface area contributed by atoms with Crippen molar-refractivity contribution in [3.63, 3.8) is 0 Å². The summed E-state index contributed by atoms with van der Waals surface area (Å²) in [5.74, 6) is 0.205. The third kappa shape index (κ3) is 5.91. The average Bonchev–Trinajstić information content (AvgIpc) is 2.77. The lowest BCUT2D eigenvalue weighted by atomic mass is 10.0. The van der Waals surface area contributed by atoms with E-state index in [4.69, 9.17) is 4.74 Å². The quantitative estimate of drug-likeness (QED) is 0.429. The first-order chi connectivity index (χ1) is 14.5. The van der Waals surface area contributed by atoms with E-state index in [1.807, 2.05) is 56.3 Å². The van der Waals surface area contributed by atoms with E-state index in [2.05, 4.69) is 15.8 Å². The van der Waals surface area contributed by atoms with Crippen LogP contribution in [0.15, 0.2) is 71.8 Å². The minimum atomic E-state index is -0.308. The summed E-state index contributed by atoms with van der Waals surface area (Å²) in [5, 5.41) is 9.19. The van der Waals surface area contributed by atoms with Crippen LogP contribution in [0, 0.1) is 0 Å². The Morgan fingerprint density at radius 2 is 1.60 bits per heavy atom. The molecule has 0 aliphatic rings. The Kier molecular flexibility index (Phi) is 7.16. The van der Waals surface area contributed by atoms with E-state index in [1.165, 1.54) is 0 Å². The number of benzene rings is 3. The van der Waals surface area contributed by atoms with E-state index >= 15 is 0 Å². The molecule has 0 aliphatic heterocycles. The molecule has 0 aromatic heterocycles. The van der Waals surface area contributed by atoms with Gasteiger partial charge in [-0.15, -0.1) is 0 Å². The Bertz CT molecular complexity index is 1060. The van der Waals surface area contributed by atoms with Gasteiger partial charge in [-0.1, -0.05) is 36.4 Å². The van der Waals surface area contributed by atoms with Crippen LogP contribution in [0.25, 0.3) is 10.8 Å². The van der Waals surface area contributed by atoms with Gasteiger partial charge in [0.15, 0.2) is 0 Å². The predicted molar refractivity (Wildman–Crippen MR) is 120 cm³/mol. The lowest BCUT2D eigenvalue weighted by Gasteiger charge is -2.07. The number of ether oxygens (including phenoxy) is 1. The molecule has 0 radical (unpaired) electrons. The molecule has 0 saturated carbocycles. The standard InChI is InChI=1S/C24H25N3O3/c1-3-30-22-12-10-21(11-13-22)25-23(28)14-15-24(29)27-26-17(2)19-9-8-18-6-4-5-7-20(18)16-19/h4-13,16H,3,14-15H2,1-2H3,(H,25,28)(H,27,29)/b26-17+. The number of amides is 2. The number of fused-ring (bicyclic) bond motifs is 1. The lowest BCUT2D eigenvalue weighted by Crippen LogP contribution is -2.21. The van der Waals surface area contributed by atoms with Crippen LogP contribution < -0.4 is 15.5 Å². The minimum Gasteiger partial charge on any atom is -0.494 e. The van der Waals surface area contributed by atoms with Crippen molar-refractivity contribution in [3.05, 3.63) is 72.3 Å². The van der Waals surface area contributed by atoms with Crippen LogP contribution in [0.2, 0.25) is 0 Å². The predicted octanol–water partition coefficient (Wildman–Crippen LogP) is 4.50. The molecule has 0 atom stereocenters. The van der Waals surface area contributed by atoms with Gasteiger partial charge >= 0.3 is 0 Å². The van der Waals surface area contributed by atoms with Crippen LogP contribution in [0.4, 0.5) is 5.69 Å². The number of anilines is 1. The van der Waals surface area contributed by atoms with Crippen LogP contribution in [0.5, 0.6) is 5.75 Å². The minimum absolute atomic E-state index is 0.0529. The van der Waals surface area contributed by atoms with Crippen molar-refractivity contribution >= 4 is 34.0 Å². The van der Waals surface area contributed by atoms with Gasteiger partial charge in [0.2, 0.25) is 11.8 Å². The van der Waals surface area contributed by atoms with Gasteiger partial charge in [-0.05, 0) is 60.5 Å². The van der Waals surface area contributed by atoms with Crippen molar-refractivity contribution in [1.29, 1.82) is 0 Å². The van der Waals surface area contributed by atoms with Crippen molar-refractivity contribution in [2.24, 2.45) is 5.10 Å². The summed E-state index contributed by atoms with van der Waals surface area (Å²) in [6, 6.07) is 21.2. The van der Waals surface area contributed by atoms with Crippen molar-refractivity contribution in [1.82, 2.24) is 5.43 Å². The summed E-state index contributed by atoms with van der Waals surface area (Å²) in [6.07, 6.45) is 0.126. The Morgan fingerprint density at radius 3 is 2.33 bits per heavy atom. The van der Waals surface area contributed by atoms with E-state index in [0.717, 1.165) is 22.1 Å². The van der Waals surface area contributed by atoms with E-state index < -0.39 is 0 Å². The van der Waals surface area contributed by atoms with Crippen LogP contribution in [0.1, 0.15) is 32.3 Å². The normalized spacial score (nSPS) is 11.2. The van der Waals surface area contributed by atoms with Gasteiger partial charge in [-0.25, -0.2) is 5.43 Å². The molecule has 3 rings (SSSR count). The summed E-state index contributed by atoms with van der Waals surface area (Å²) in [7, 11) is 0. The number of carbonyl (C=O) groups excluding carboxylic acids is 2. The van der Waals surface area contributed by atoms with Crippen molar-refractivity contribution < 1.29 is 14.3 Å². The highest BCUT2D eigenvalue weighted by Crippen LogP contribution is 2.17. The summed E-state index contributed by atoms with van der Waals surface area (Å²) in [5.41, 5.74) is 4.82. The number of hydrogen-bond acceptors (Lipinski definition) is 4. The SMILES string of the molecule is CCOc1ccc(NC(=O)CCC(=O)N/N=C(\C)c2ccc3ccccc3c2)cc1. The molecule has 0 heterocycles. The third-order valence-electron chi connectivity index (χ3n) is 4.54. The molecule has 2 N–H and O–H groups in total. The number of hydrazone groups is 1. The van der Waals surface area contributed by atoms with Crippen LogP contribution in [-0.2, 0) is 9.59 Å². The van der Waals surface area contributed by atoms with Gasteiger partial charge in [-0.2, -0.15) is 5.10 Å². The molecule has 3 aromatic carbocycles. The molecule has 0 unspecified atom stereocenters. The fourth-order valence-corrected chi connectivity index (χ4v) is 2.93. The number of carbonyl (C=O) groups is 2. The maximum absolute atomic E-state index is 12.1. The average molecular weight is 403 g/mol. The Labute approximate surface area is 175 Å². The van der Waals surface area contributed by atoms with Gasteiger partial charge in [0.05, 0.1) is 12.3 Å². The highest BCUT2D eigenvalue weighted by molar-refractivity contribution is 6.02. The highest BCUT2D eigenvalue weighted by atomic mass is 16.5. The lowest BCUT2D eigenvalue weighted by molar-refractivity contribution is -0.124. The van der Waals surface area contributed by atoms with Crippen molar-refractivity contribution in [2.75, 3.05) is 11.9 Å². The molecule has 6 heteroatoms. The molecule has 30 heavy (non-hydrogen) atoms. The van der Waals surface area contributed by atoms with Gasteiger partial charge in [0.1, 0.15) is 5.75 Å². The zero-order chi connectivity index (χ0) is 21.3. The zero-order valence-corrected chi connectivity index (χ0v) is 17.1. The molecule has 154 valence electrons. The summed E-state index contributed by atoms with van der Waals surface area (Å²) in [6.45, 7) is 4.33. The first-order valence-electron chi connectivity index (χ1n) is 9.90. The van der Waals surface area contributed by atoms with Crippen molar-refractivity contribution in [2.45, 2.75) is 26.7 Å². The summed E-state index contributed by atoms with van der Waals surface area (Å²) < 4.78 is 5.37. The Hall–Kier alpha value is -3.67. The molecule has 0 spiro atoms. The van der Waals surface area contributed by atoms with E-state index in [9.17, 15) is 9.59 Å². The topological polar surface area (TPSA) is 79.8 Å². The van der Waals surface area contributed by atoms with Crippen LogP contribution in [-0.4, -0.2) is 24.1 Å². The fourth-order valence-electron chi connectivity index (χ4n) is 2.93. The zero-order valence-electron chi connectivity index (χ0n) is 17.1. The van der Waals surface area contributed by atoms with E-state index in [-0.39, 0.29) is 24.7 Å². The number of nitrogens with zero attached hydrogens (tertiary/aromatic N) is 1. The smallest absolute Gasteiger partial charge is 0.240 e. The molecule has 0 saturated heterocycles. The molecule has 3 aromatic rings. The van der Waals surface area contributed by atoms with Gasteiger partial charge in [0, 0.05) is 18.5 Å². The molecule has 0 bridgehead atoms. The second-order valence-corrected chi connectivity index (χ2v) is 6.80. The molecular formula is C24H25N3O3. The Balaban J connectivity index is 1.47. The largest absolute Gasteiger partial charge is 0.494 e. The second kappa shape index (κ2) is 10.2. The van der Waals surface area contributed by atoms with Gasteiger partial charge in [0.25, 0.3) is 0 Å². The fraction of sp³-hybridized carbons (Fsp3) is 0.208. The number of nitrogens with one attached hydrogen (secondary N) is 2. The second-order valence-electron chi connectivity index (χ2n) is 6.80. The number of rotatable bonds is 8. The molecule has 0 aliphatic carbocycles. The van der Waals surface area contributed by atoms with Crippen molar-refractivity contribution in [3.8, 4) is 5.75 Å². The highest BCUT2D eigenvalue weighted by Gasteiger charge is 2.08. The van der Waals surface area contributed by atoms with Crippen LogP contribution >= 0.6 is 0 Å². The summed E-state index contributed by atoms with van der Waals surface area (Å²) >= 11 is 0. The Morgan fingerprint density at radius 1 is 0.900 bits per heavy atom. The first kappa shape index (κ1) is 21.0. The van der Waals surface area contributed by atoms with E-state index in [0.29, 0.717) is 18.0 Å². The maximum atomic E-state index is 12.1. The summed E-state index contributed by atoms with van der Waals surface area (Å²) in [4.78, 5) is 24.1. The number of hydrogen-bond donors (Lipinski definition) is 2. The van der Waals surface area contributed by atoms with Gasteiger partial charge in [-0.3, -0.25) is 9.59 Å². The monoisotopic (exact) mass is 403 g/mol. The molecule has 6 nitrogen and oxygen atoms in total. The third-order valence-corrected chi connectivity index (χ3v) is 4.54. The maximum Gasteiger partial charge on any atom is 0.240 e. The van der Waals surface area contributed by atoms with E-state index in [1.54, 1.807) is 24.3 Å². The molecular weight excluding hydrogens is 378 g/mol. The molecule has 0 fully saturated rings.